The number of hydrogen-bond acceptors (Lipinski definition) is 4. The van der Waals surface area contributed by atoms with Crippen molar-refractivity contribution in [2.75, 3.05) is 11.6 Å². The van der Waals surface area contributed by atoms with Crippen molar-refractivity contribution in [3.63, 3.8) is 0 Å². The Bertz CT molecular complexity index is 336. The zero-order chi connectivity index (χ0) is 9.73. The smallest absolute Gasteiger partial charge is 0.213 e. The van der Waals surface area contributed by atoms with Gasteiger partial charge in [-0.2, -0.15) is 0 Å². The van der Waals surface area contributed by atoms with E-state index in [1.165, 1.54) is 11.3 Å². The molecular weight excluding hydrogens is 232 g/mol. The van der Waals surface area contributed by atoms with Crippen molar-refractivity contribution in [3.8, 4) is 0 Å². The number of aromatic nitrogens is 1. The lowest BCUT2D eigenvalue weighted by molar-refractivity contribution is 0.583. The first kappa shape index (κ1) is 10.9. The van der Waals surface area contributed by atoms with Gasteiger partial charge in [-0.1, -0.05) is 0 Å². The number of halogens is 1. The largest absolute Gasteiger partial charge is 0.253 e. The molecule has 0 aliphatic rings. The zero-order valence-corrected chi connectivity index (χ0v) is 9.12. The number of nitrogens with zero attached hydrogens (tertiary/aromatic N) is 1. The van der Waals surface area contributed by atoms with Crippen LogP contribution in [0.1, 0.15) is 4.88 Å². The second-order valence-electron chi connectivity index (χ2n) is 2.30. The molecule has 0 spiro atoms. The number of hydrogen-bond donors (Lipinski definition) is 1. The Kier molecular flexibility index (Phi) is 4.11. The lowest BCUT2D eigenvalue weighted by Crippen LogP contribution is -2.26. The van der Waals surface area contributed by atoms with Gasteiger partial charge in [0.15, 0.2) is 0 Å². The first-order chi connectivity index (χ1) is 6.14. The first-order valence-electron chi connectivity index (χ1n) is 3.55. The molecule has 1 N–H and O–H groups in total. The predicted molar refractivity (Wildman–Crippen MR) is 53.5 cm³/mol. The summed E-state index contributed by atoms with van der Waals surface area (Å²) >= 11 is 6.73. The highest BCUT2D eigenvalue weighted by atomic mass is 35.5. The fraction of sp³-hybridized carbons (Fsp3) is 0.500. The Balaban J connectivity index is 2.43. The van der Waals surface area contributed by atoms with E-state index in [2.05, 4.69) is 9.71 Å². The lowest BCUT2D eigenvalue weighted by Gasteiger charge is -2.01. The molecule has 1 heterocycles. The van der Waals surface area contributed by atoms with Gasteiger partial charge < -0.3 is 0 Å². The number of alkyl halides is 1. The van der Waals surface area contributed by atoms with Gasteiger partial charge in [0, 0.05) is 23.5 Å². The molecule has 0 fully saturated rings. The van der Waals surface area contributed by atoms with Gasteiger partial charge in [-0.3, -0.25) is 4.98 Å². The Morgan fingerprint density at radius 3 is 2.92 bits per heavy atom. The van der Waals surface area contributed by atoms with Crippen molar-refractivity contribution >= 4 is 33.0 Å². The van der Waals surface area contributed by atoms with Gasteiger partial charge >= 0.3 is 0 Å². The van der Waals surface area contributed by atoms with E-state index < -0.39 is 10.0 Å². The molecule has 1 aromatic heterocycles. The van der Waals surface area contributed by atoms with Crippen molar-refractivity contribution in [2.24, 2.45) is 0 Å². The third-order valence-corrected chi connectivity index (χ3v) is 3.81. The maximum atomic E-state index is 11.1. The van der Waals surface area contributed by atoms with Gasteiger partial charge in [0.2, 0.25) is 10.0 Å². The van der Waals surface area contributed by atoms with Gasteiger partial charge in [-0.05, 0) is 0 Å². The maximum Gasteiger partial charge on any atom is 0.213 e. The van der Waals surface area contributed by atoms with E-state index in [-0.39, 0.29) is 11.6 Å². The Labute approximate surface area is 86.0 Å². The fourth-order valence-electron chi connectivity index (χ4n) is 0.684. The SMILES string of the molecule is O=S(=O)(CCCl)NCc1cncs1. The van der Waals surface area contributed by atoms with Crippen LogP contribution in [0.2, 0.25) is 0 Å². The predicted octanol–water partition coefficient (Wildman–Crippen LogP) is 0.801. The Hall–Kier alpha value is -0.170. The molecule has 0 bridgehead atoms. The molecule has 0 atom stereocenters. The van der Waals surface area contributed by atoms with Crippen LogP contribution in [0.15, 0.2) is 11.7 Å². The van der Waals surface area contributed by atoms with E-state index in [1.807, 2.05) is 0 Å². The van der Waals surface area contributed by atoms with Crippen molar-refractivity contribution in [1.82, 2.24) is 9.71 Å². The molecule has 1 rings (SSSR count). The quantitative estimate of drug-likeness (QED) is 0.775. The van der Waals surface area contributed by atoms with Crippen LogP contribution in [-0.4, -0.2) is 25.0 Å². The lowest BCUT2D eigenvalue weighted by atomic mass is 10.6. The summed E-state index contributed by atoms with van der Waals surface area (Å²) in [4.78, 5) is 4.71. The zero-order valence-electron chi connectivity index (χ0n) is 6.73. The topological polar surface area (TPSA) is 59.1 Å². The van der Waals surface area contributed by atoms with Crippen molar-refractivity contribution in [1.29, 1.82) is 0 Å². The van der Waals surface area contributed by atoms with Crippen molar-refractivity contribution in [2.45, 2.75) is 6.54 Å². The molecule has 0 saturated heterocycles. The van der Waals surface area contributed by atoms with E-state index in [4.69, 9.17) is 11.6 Å². The summed E-state index contributed by atoms with van der Waals surface area (Å²) in [7, 11) is -3.21. The first-order valence-corrected chi connectivity index (χ1v) is 6.61. The second-order valence-corrected chi connectivity index (χ2v) is 5.57. The number of rotatable bonds is 5. The summed E-state index contributed by atoms with van der Waals surface area (Å²) < 4.78 is 24.6. The highest BCUT2D eigenvalue weighted by Crippen LogP contribution is 2.04. The molecule has 7 heteroatoms. The van der Waals surface area contributed by atoms with Gasteiger partial charge in [0.25, 0.3) is 0 Å². The van der Waals surface area contributed by atoms with E-state index in [0.717, 1.165) is 4.88 Å². The third kappa shape index (κ3) is 4.04. The molecular formula is C6H9ClN2O2S2. The summed E-state index contributed by atoms with van der Waals surface area (Å²) in [5, 5.41) is 0. The molecule has 13 heavy (non-hydrogen) atoms. The summed E-state index contributed by atoms with van der Waals surface area (Å²) in [5.74, 6) is 0.0609. The Morgan fingerprint density at radius 1 is 1.62 bits per heavy atom. The number of nitrogens with one attached hydrogen (secondary N) is 1. The van der Waals surface area contributed by atoms with E-state index in [0.29, 0.717) is 6.54 Å². The normalized spacial score (nSPS) is 11.8. The molecule has 0 aliphatic heterocycles. The maximum absolute atomic E-state index is 11.1. The summed E-state index contributed by atoms with van der Waals surface area (Å²) in [6.07, 6.45) is 1.63. The van der Waals surface area contributed by atoms with Gasteiger partial charge in [-0.25, -0.2) is 13.1 Å². The number of thiazole rings is 1. The molecule has 1 aromatic rings. The highest BCUT2D eigenvalue weighted by Gasteiger charge is 2.08. The molecule has 0 aliphatic carbocycles. The van der Waals surface area contributed by atoms with Crippen LogP contribution in [0, 0.1) is 0 Å². The summed E-state index contributed by atoms with van der Waals surface area (Å²) in [6.45, 7) is 0.296. The second kappa shape index (κ2) is 4.90. The van der Waals surface area contributed by atoms with Crippen LogP contribution in [0.5, 0.6) is 0 Å². The van der Waals surface area contributed by atoms with Crippen LogP contribution in [0.4, 0.5) is 0 Å². The monoisotopic (exact) mass is 240 g/mol. The minimum absolute atomic E-state index is 0.0483. The van der Waals surface area contributed by atoms with Crippen LogP contribution < -0.4 is 4.72 Å². The minimum atomic E-state index is -3.21. The van der Waals surface area contributed by atoms with Crippen LogP contribution in [-0.2, 0) is 16.6 Å². The van der Waals surface area contributed by atoms with Crippen LogP contribution in [0.25, 0.3) is 0 Å². The van der Waals surface area contributed by atoms with Crippen molar-refractivity contribution < 1.29 is 8.42 Å². The van der Waals surface area contributed by atoms with E-state index in [1.54, 1.807) is 11.7 Å². The molecule has 0 saturated carbocycles. The van der Waals surface area contributed by atoms with Crippen LogP contribution >= 0.6 is 22.9 Å². The fourth-order valence-corrected chi connectivity index (χ4v) is 2.64. The summed E-state index contributed by atoms with van der Waals surface area (Å²) in [6, 6.07) is 0. The van der Waals surface area contributed by atoms with Gasteiger partial charge in [0.05, 0.1) is 11.3 Å². The molecule has 74 valence electrons. The average molecular weight is 241 g/mol. The highest BCUT2D eigenvalue weighted by molar-refractivity contribution is 7.89. The van der Waals surface area contributed by atoms with Gasteiger partial charge in [-0.15, -0.1) is 22.9 Å². The van der Waals surface area contributed by atoms with Crippen LogP contribution in [0.3, 0.4) is 0 Å². The van der Waals surface area contributed by atoms with Gasteiger partial charge in [0.1, 0.15) is 0 Å². The minimum Gasteiger partial charge on any atom is -0.253 e. The van der Waals surface area contributed by atoms with E-state index in [9.17, 15) is 8.42 Å². The summed E-state index contributed by atoms with van der Waals surface area (Å²) in [5.41, 5.74) is 1.66. The average Bonchev–Trinajstić information content (AvgIpc) is 2.52. The molecule has 0 radical (unpaired) electrons. The van der Waals surface area contributed by atoms with Crippen molar-refractivity contribution in [3.05, 3.63) is 16.6 Å². The third-order valence-electron chi connectivity index (χ3n) is 1.30. The standard InChI is InChI=1S/C6H9ClN2O2S2/c7-1-2-13(10,11)9-4-6-3-8-5-12-6/h3,5,9H,1-2,4H2. The molecule has 4 nitrogen and oxygen atoms in total. The van der Waals surface area contributed by atoms with E-state index >= 15 is 0 Å². The molecule has 0 unspecified atom stereocenters. The number of sulfonamides is 1. The molecule has 0 aromatic carbocycles. The Morgan fingerprint density at radius 2 is 2.38 bits per heavy atom. The molecule has 0 amide bonds.